The van der Waals surface area contributed by atoms with Crippen LogP contribution in [0.15, 0.2) is 218 Å². The number of fused-ring (bicyclic) bond motifs is 19. The summed E-state index contributed by atoms with van der Waals surface area (Å²) in [6.45, 7) is 0. The maximum absolute atomic E-state index is 2.55. The zero-order chi connectivity index (χ0) is 49.2. The molecule has 1 heterocycles. The summed E-state index contributed by atoms with van der Waals surface area (Å²) >= 11 is 1.95. The molecule has 0 N–H and O–H groups in total. The standard InChI is InChI=1S/C72H56N2S/c1-5-19-49(20-6-1)73(53-31-34-58-56-24-11-13-27-64(56)71(66(58)45-53)37-15-3-16-38-71)51-30-29-47-42-63-68(43-48(47)41-51)75-70-61-36-33-52(44-62(61)55-23-9-10-26-60(55)69(63)70)74(50-21-7-2-8-22-50)54-32-35-59-57-25-12-14-28-65(57)72(67(59)46-54)39-17-4-18-40-72/h1-2,5-14,19-36,41-46H,3-4,15-18,37-40H2. The van der Waals surface area contributed by atoms with Crippen molar-refractivity contribution in [2.45, 2.75) is 75.0 Å². The highest BCUT2D eigenvalue weighted by Gasteiger charge is 2.45. The number of rotatable bonds is 6. The molecule has 0 radical (unpaired) electrons. The van der Waals surface area contributed by atoms with Crippen LogP contribution in [-0.2, 0) is 10.8 Å². The van der Waals surface area contributed by atoms with E-state index in [1.807, 2.05) is 11.3 Å². The van der Waals surface area contributed by atoms with Gasteiger partial charge in [-0.25, -0.2) is 0 Å². The zero-order valence-electron chi connectivity index (χ0n) is 42.2. The molecule has 0 bridgehead atoms. The lowest BCUT2D eigenvalue weighted by Crippen LogP contribution is -2.28. The fourth-order valence-electron chi connectivity index (χ4n) is 15.1. The first-order valence-corrected chi connectivity index (χ1v) is 28.4. The van der Waals surface area contributed by atoms with Crippen molar-refractivity contribution in [3.8, 4) is 22.3 Å². The second-order valence-corrected chi connectivity index (χ2v) is 23.2. The Kier molecular flexibility index (Phi) is 9.71. The number of benzene rings is 11. The molecule has 16 rings (SSSR count). The van der Waals surface area contributed by atoms with Gasteiger partial charge in [0.05, 0.1) is 0 Å². The van der Waals surface area contributed by atoms with Gasteiger partial charge in [0.2, 0.25) is 0 Å². The second-order valence-electron chi connectivity index (χ2n) is 22.1. The van der Waals surface area contributed by atoms with Crippen LogP contribution in [0.1, 0.15) is 86.5 Å². The van der Waals surface area contributed by atoms with E-state index in [0.29, 0.717) is 0 Å². The van der Waals surface area contributed by atoms with Gasteiger partial charge >= 0.3 is 0 Å². The Morgan fingerprint density at radius 3 is 1.37 bits per heavy atom. The Labute approximate surface area is 443 Å². The Morgan fingerprint density at radius 1 is 0.293 bits per heavy atom. The van der Waals surface area contributed by atoms with E-state index in [4.69, 9.17) is 0 Å². The molecule has 2 fully saturated rings. The highest BCUT2D eigenvalue weighted by atomic mass is 32.1. The largest absolute Gasteiger partial charge is 0.310 e. The van der Waals surface area contributed by atoms with Crippen LogP contribution in [0.2, 0.25) is 0 Å². The monoisotopic (exact) mass is 980 g/mol. The molecule has 11 aromatic carbocycles. The van der Waals surface area contributed by atoms with Gasteiger partial charge in [0.15, 0.2) is 0 Å². The highest BCUT2D eigenvalue weighted by molar-refractivity contribution is 7.27. The molecule has 0 saturated heterocycles. The lowest BCUT2D eigenvalue weighted by molar-refractivity contribution is 0.353. The molecular weight excluding hydrogens is 925 g/mol. The Morgan fingerprint density at radius 2 is 0.773 bits per heavy atom. The summed E-state index contributed by atoms with van der Waals surface area (Å²) in [5.74, 6) is 0. The molecule has 0 aliphatic heterocycles. The van der Waals surface area contributed by atoms with Crippen molar-refractivity contribution < 1.29 is 0 Å². The molecule has 0 atom stereocenters. The van der Waals surface area contributed by atoms with Gasteiger partial charge in [-0.15, -0.1) is 11.3 Å². The van der Waals surface area contributed by atoms with Crippen molar-refractivity contribution in [2.75, 3.05) is 9.80 Å². The van der Waals surface area contributed by atoms with Crippen molar-refractivity contribution in [2.24, 2.45) is 0 Å². The minimum Gasteiger partial charge on any atom is -0.310 e. The predicted octanol–water partition coefficient (Wildman–Crippen LogP) is 20.9. The first-order chi connectivity index (χ1) is 37.1. The molecule has 0 unspecified atom stereocenters. The zero-order valence-corrected chi connectivity index (χ0v) is 43.0. The van der Waals surface area contributed by atoms with E-state index < -0.39 is 0 Å². The van der Waals surface area contributed by atoms with Gasteiger partial charge in [-0.3, -0.25) is 0 Å². The number of thiophene rings is 1. The molecule has 3 heteroatoms. The van der Waals surface area contributed by atoms with Crippen molar-refractivity contribution in [1.29, 1.82) is 0 Å². The topological polar surface area (TPSA) is 6.48 Å². The minimum atomic E-state index is 0.0798. The van der Waals surface area contributed by atoms with Crippen LogP contribution in [0.25, 0.3) is 74.7 Å². The quantitative estimate of drug-likeness (QED) is 0.153. The first kappa shape index (κ1) is 43.4. The van der Waals surface area contributed by atoms with E-state index in [2.05, 4.69) is 228 Å². The van der Waals surface area contributed by atoms with Gasteiger partial charge in [-0.2, -0.15) is 0 Å². The first-order valence-electron chi connectivity index (χ1n) is 27.6. The summed E-state index contributed by atoms with van der Waals surface area (Å²) in [7, 11) is 0. The van der Waals surface area contributed by atoms with Gasteiger partial charge in [0, 0.05) is 70.5 Å². The van der Waals surface area contributed by atoms with Crippen LogP contribution in [-0.4, -0.2) is 0 Å². The molecule has 2 saturated carbocycles. The SMILES string of the molecule is c1ccc(N(c2ccc3c(c2)C2(CCCCC2)c2ccccc2-3)c2ccc3cc4c(cc3c2)sc2c3ccc(N(c5ccccc5)c5ccc6c(c5)C5(CCCCC5)c5ccccc5-6)cc3c3ccccc3c42)cc1. The highest BCUT2D eigenvalue weighted by Crippen LogP contribution is 2.59. The second kappa shape index (κ2) is 16.8. The van der Waals surface area contributed by atoms with Crippen LogP contribution in [0.5, 0.6) is 0 Å². The van der Waals surface area contributed by atoms with E-state index in [1.165, 1.54) is 195 Å². The number of hydrogen-bond donors (Lipinski definition) is 0. The van der Waals surface area contributed by atoms with Gasteiger partial charge < -0.3 is 9.80 Å². The Bertz CT molecular complexity index is 4270. The molecule has 4 aliphatic carbocycles. The fourth-order valence-corrected chi connectivity index (χ4v) is 16.3. The average molecular weight is 981 g/mol. The molecule has 360 valence electrons. The molecule has 0 amide bonds. The van der Waals surface area contributed by atoms with Gasteiger partial charge in [-0.05, 0) is 182 Å². The van der Waals surface area contributed by atoms with Gasteiger partial charge in [0.25, 0.3) is 0 Å². The van der Waals surface area contributed by atoms with Crippen LogP contribution >= 0.6 is 11.3 Å². The summed E-state index contributed by atoms with van der Waals surface area (Å²) in [6, 6.07) is 83.6. The maximum Gasteiger partial charge on any atom is 0.0468 e. The molecule has 2 spiro atoms. The van der Waals surface area contributed by atoms with Crippen LogP contribution < -0.4 is 9.80 Å². The van der Waals surface area contributed by atoms with Gasteiger partial charge in [-0.1, -0.05) is 172 Å². The number of nitrogens with zero attached hydrogens (tertiary/aromatic N) is 2. The lowest BCUT2D eigenvalue weighted by Gasteiger charge is -2.36. The smallest absolute Gasteiger partial charge is 0.0468 e. The Balaban J connectivity index is 0.836. The van der Waals surface area contributed by atoms with E-state index in [0.717, 1.165) is 0 Å². The molecule has 4 aliphatic rings. The molecule has 1 aromatic heterocycles. The van der Waals surface area contributed by atoms with Crippen molar-refractivity contribution in [3.63, 3.8) is 0 Å². The molecule has 75 heavy (non-hydrogen) atoms. The van der Waals surface area contributed by atoms with E-state index >= 15 is 0 Å². The van der Waals surface area contributed by atoms with Gasteiger partial charge in [0.1, 0.15) is 0 Å². The summed E-state index contributed by atoms with van der Waals surface area (Å²) in [6.07, 6.45) is 12.6. The van der Waals surface area contributed by atoms with Crippen molar-refractivity contribution in [1.82, 2.24) is 0 Å². The third-order valence-electron chi connectivity index (χ3n) is 18.3. The molecule has 2 nitrogen and oxygen atoms in total. The summed E-state index contributed by atoms with van der Waals surface area (Å²) in [5.41, 5.74) is 19.1. The summed E-state index contributed by atoms with van der Waals surface area (Å²) in [4.78, 5) is 4.99. The molecular formula is C72H56N2S. The third kappa shape index (κ3) is 6.44. The van der Waals surface area contributed by atoms with Crippen LogP contribution in [0, 0.1) is 0 Å². The van der Waals surface area contributed by atoms with E-state index in [-0.39, 0.29) is 10.8 Å². The fraction of sp³-hybridized carbons (Fsp3) is 0.167. The average Bonchev–Trinajstić information content (AvgIpc) is 4.15. The van der Waals surface area contributed by atoms with Crippen molar-refractivity contribution >= 4 is 98.0 Å². The van der Waals surface area contributed by atoms with E-state index in [9.17, 15) is 0 Å². The predicted molar refractivity (Wildman–Crippen MR) is 320 cm³/mol. The minimum absolute atomic E-state index is 0.0798. The number of hydrogen-bond acceptors (Lipinski definition) is 3. The molecule has 12 aromatic rings. The summed E-state index contributed by atoms with van der Waals surface area (Å²) in [5, 5.41) is 10.4. The Hall–Kier alpha value is -7.98. The van der Waals surface area contributed by atoms with Crippen LogP contribution in [0.3, 0.4) is 0 Å². The summed E-state index contributed by atoms with van der Waals surface area (Å²) < 4.78 is 2.67. The normalized spacial score (nSPS) is 15.9. The third-order valence-corrected chi connectivity index (χ3v) is 19.5. The van der Waals surface area contributed by atoms with E-state index in [1.54, 1.807) is 0 Å². The lowest BCUT2D eigenvalue weighted by atomic mass is 9.68. The van der Waals surface area contributed by atoms with Crippen molar-refractivity contribution in [3.05, 3.63) is 241 Å². The van der Waals surface area contributed by atoms with Crippen LogP contribution in [0.4, 0.5) is 34.1 Å². The number of para-hydroxylation sites is 2. The number of anilines is 6. The maximum atomic E-state index is 2.55.